The summed E-state index contributed by atoms with van der Waals surface area (Å²) in [6, 6.07) is 17.9. The number of rotatable bonds is 5. The first kappa shape index (κ1) is 15.8. The molecule has 3 nitrogen and oxygen atoms in total. The molecule has 1 aliphatic rings. The summed E-state index contributed by atoms with van der Waals surface area (Å²) in [5.74, 6) is 7.21. The quantitative estimate of drug-likeness (QED) is 0.616. The van der Waals surface area contributed by atoms with Crippen molar-refractivity contribution in [3.8, 4) is 17.6 Å². The van der Waals surface area contributed by atoms with Gasteiger partial charge in [-0.3, -0.25) is 0 Å². The second-order valence-electron chi connectivity index (χ2n) is 5.16. The molecule has 3 rings (SSSR count). The molecule has 0 bridgehead atoms. The minimum absolute atomic E-state index is 0.252. The first-order valence-corrected chi connectivity index (χ1v) is 8.05. The van der Waals surface area contributed by atoms with Crippen molar-refractivity contribution in [1.29, 1.82) is 0 Å². The number of nitrogens with zero attached hydrogens (tertiary/aromatic N) is 1. The number of benzene rings is 2. The van der Waals surface area contributed by atoms with Gasteiger partial charge in [0.15, 0.2) is 0 Å². The monoisotopic (exact) mass is 343 g/mol. The maximum absolute atomic E-state index is 5.48. The van der Waals surface area contributed by atoms with Gasteiger partial charge >= 0.3 is 145 Å². The van der Waals surface area contributed by atoms with Crippen LogP contribution in [0.5, 0.6) is 5.75 Å². The van der Waals surface area contributed by atoms with Crippen LogP contribution in [0, 0.1) is 11.8 Å². The van der Waals surface area contributed by atoms with E-state index in [1.54, 1.807) is 7.11 Å². The summed E-state index contributed by atoms with van der Waals surface area (Å²) in [5.41, 5.74) is 1.98. The Hall–Kier alpha value is -2.04. The molecule has 0 N–H and O–H groups in total. The topological polar surface area (TPSA) is 25.0 Å². The van der Waals surface area contributed by atoms with Crippen LogP contribution in [-0.2, 0) is 20.6 Å². The Balaban J connectivity index is 1.87. The van der Waals surface area contributed by atoms with Crippen LogP contribution in [0.1, 0.15) is 5.56 Å². The summed E-state index contributed by atoms with van der Waals surface area (Å²) >= 11 is 3.09. The molecular formula is C19H17CrNO2. The molecule has 0 amide bonds. The number of ether oxygens (including phenoxy) is 2. The van der Waals surface area contributed by atoms with E-state index in [2.05, 4.69) is 32.6 Å². The van der Waals surface area contributed by atoms with Gasteiger partial charge in [0.05, 0.1) is 0 Å². The Morgan fingerprint density at radius 1 is 1.22 bits per heavy atom. The van der Waals surface area contributed by atoms with Gasteiger partial charge < -0.3 is 0 Å². The molecule has 1 aliphatic heterocycles. The molecule has 0 saturated carbocycles. The van der Waals surface area contributed by atoms with E-state index in [-0.39, 0.29) is 6.10 Å². The third-order valence-electron chi connectivity index (χ3n) is 3.50. The van der Waals surface area contributed by atoms with Crippen molar-refractivity contribution in [2.75, 3.05) is 25.2 Å². The summed E-state index contributed by atoms with van der Waals surface area (Å²) in [6.45, 7) is 1.55. The number of hydrogen-bond donors (Lipinski definition) is 0. The number of anilines is 1. The van der Waals surface area contributed by atoms with E-state index >= 15 is 0 Å². The average Bonchev–Trinajstić information content (AvgIpc) is 3.42. The molecule has 0 aromatic heterocycles. The number of para-hydroxylation sites is 2. The third kappa shape index (κ3) is 4.24. The summed E-state index contributed by atoms with van der Waals surface area (Å²) < 4.78 is 11.7. The van der Waals surface area contributed by atoms with Crippen LogP contribution in [0.25, 0.3) is 0 Å². The van der Waals surface area contributed by atoms with Gasteiger partial charge in [-0.2, -0.15) is 0 Å². The van der Waals surface area contributed by atoms with Crippen LogP contribution in [0.3, 0.4) is 0 Å². The van der Waals surface area contributed by atoms with Crippen molar-refractivity contribution in [3.05, 3.63) is 60.2 Å². The van der Waals surface area contributed by atoms with Crippen LogP contribution < -0.4 is 9.64 Å². The standard InChI is InChI=1S/C19H17NO2.Cr/c1-21-19-12-6-5-11-18(19)20(14-17-15-22-17)13-7-10-16-8-3-2-4-9-16;/h2-6,8-9,11-12,17H,14-15H2,1H3;. The zero-order valence-corrected chi connectivity index (χ0v) is 14.1. The maximum atomic E-state index is 5.48. The predicted octanol–water partition coefficient (Wildman–Crippen LogP) is 2.63. The molecule has 1 unspecified atom stereocenters. The van der Waals surface area contributed by atoms with E-state index in [4.69, 9.17) is 9.47 Å². The molecule has 1 heterocycles. The molecule has 116 valence electrons. The van der Waals surface area contributed by atoms with Crippen LogP contribution >= 0.6 is 0 Å². The molecule has 0 spiro atoms. The van der Waals surface area contributed by atoms with E-state index in [0.29, 0.717) is 0 Å². The fourth-order valence-corrected chi connectivity index (χ4v) is 2.58. The van der Waals surface area contributed by atoms with Crippen molar-refractivity contribution < 1.29 is 25.3 Å². The molecule has 2 aromatic carbocycles. The predicted molar refractivity (Wildman–Crippen MR) is 88.4 cm³/mol. The van der Waals surface area contributed by atoms with Crippen LogP contribution in [0.15, 0.2) is 54.6 Å². The van der Waals surface area contributed by atoms with Crippen LogP contribution in [-0.4, -0.2) is 30.9 Å². The van der Waals surface area contributed by atoms with Crippen molar-refractivity contribution >= 4 is 10.2 Å². The first-order chi connectivity index (χ1) is 11.3. The van der Waals surface area contributed by atoms with Gasteiger partial charge in [0, 0.05) is 0 Å². The van der Waals surface area contributed by atoms with E-state index in [9.17, 15) is 0 Å². The molecule has 1 atom stereocenters. The van der Waals surface area contributed by atoms with Gasteiger partial charge in [0.25, 0.3) is 0 Å². The number of hydrogen-bond acceptors (Lipinski definition) is 3. The first-order valence-electron chi connectivity index (χ1n) is 7.41. The number of methoxy groups -OCH3 is 1. The van der Waals surface area contributed by atoms with Gasteiger partial charge in [0.2, 0.25) is 0 Å². The second-order valence-corrected chi connectivity index (χ2v) is 5.76. The fourth-order valence-electron chi connectivity index (χ4n) is 2.24. The molecular weight excluding hydrogens is 326 g/mol. The summed E-state index contributed by atoms with van der Waals surface area (Å²) in [4.78, 5) is 2.12. The van der Waals surface area contributed by atoms with Crippen LogP contribution in [0.2, 0.25) is 0 Å². The summed E-state index contributed by atoms with van der Waals surface area (Å²) in [7, 11) is 1.68. The van der Waals surface area contributed by atoms with Gasteiger partial charge in [-0.1, -0.05) is 0 Å². The van der Waals surface area contributed by atoms with E-state index < -0.39 is 0 Å². The second kappa shape index (κ2) is 7.49. The molecule has 0 radical (unpaired) electrons. The zero-order valence-electron chi connectivity index (χ0n) is 12.9. The molecule has 1 saturated heterocycles. The SMILES string of the molecule is COc1ccccc1N(CC1CO1)[C](=[Cr])C#Cc1ccccc1. The summed E-state index contributed by atoms with van der Waals surface area (Å²) in [6.07, 6.45) is 0.252. The molecule has 23 heavy (non-hydrogen) atoms. The van der Waals surface area contributed by atoms with Crippen LogP contribution in [0.4, 0.5) is 5.69 Å². The Bertz CT molecular complexity index is 745. The normalized spacial score (nSPS) is 15.3. The van der Waals surface area contributed by atoms with Crippen molar-refractivity contribution in [2.45, 2.75) is 6.10 Å². The molecule has 2 aromatic rings. The minimum atomic E-state index is 0.252. The average molecular weight is 343 g/mol. The van der Waals surface area contributed by atoms with Gasteiger partial charge in [-0.25, -0.2) is 0 Å². The molecule has 1 fully saturated rings. The Kier molecular flexibility index (Phi) is 5.16. The van der Waals surface area contributed by atoms with Crippen molar-refractivity contribution in [3.63, 3.8) is 0 Å². The van der Waals surface area contributed by atoms with Gasteiger partial charge in [-0.15, -0.1) is 0 Å². The Morgan fingerprint density at radius 3 is 2.61 bits per heavy atom. The Labute approximate surface area is 144 Å². The van der Waals surface area contributed by atoms with E-state index in [0.717, 1.165) is 34.7 Å². The van der Waals surface area contributed by atoms with E-state index in [1.807, 2.05) is 54.6 Å². The van der Waals surface area contributed by atoms with Crippen molar-refractivity contribution in [2.24, 2.45) is 0 Å². The zero-order chi connectivity index (χ0) is 16.1. The number of epoxide rings is 1. The molecule has 0 aliphatic carbocycles. The fraction of sp³-hybridized carbons (Fsp3) is 0.211. The summed E-state index contributed by atoms with van der Waals surface area (Å²) in [5, 5.41) is 0. The van der Waals surface area contributed by atoms with Crippen molar-refractivity contribution in [1.82, 2.24) is 0 Å². The molecule has 4 heteroatoms. The van der Waals surface area contributed by atoms with E-state index in [1.165, 1.54) is 0 Å². The third-order valence-corrected chi connectivity index (χ3v) is 4.00. The van der Waals surface area contributed by atoms with Gasteiger partial charge in [-0.05, 0) is 0 Å². The van der Waals surface area contributed by atoms with Gasteiger partial charge in [0.1, 0.15) is 0 Å². The Morgan fingerprint density at radius 2 is 1.91 bits per heavy atom.